The molecule has 2 aromatic rings. The minimum absolute atomic E-state index is 0.0279. The maximum atomic E-state index is 13.8. The number of carboxylic acids is 1. The van der Waals surface area contributed by atoms with Crippen molar-refractivity contribution in [2.45, 2.75) is 24.8 Å². The van der Waals surface area contributed by atoms with E-state index < -0.39 is 17.2 Å². The normalized spacial score (nSPS) is 15.6. The van der Waals surface area contributed by atoms with E-state index in [4.69, 9.17) is 9.47 Å². The number of amides is 1. The van der Waals surface area contributed by atoms with Gasteiger partial charge in [-0.3, -0.25) is 4.79 Å². The van der Waals surface area contributed by atoms with Crippen LogP contribution in [0.4, 0.5) is 4.39 Å². The molecule has 28 heavy (non-hydrogen) atoms. The van der Waals surface area contributed by atoms with Gasteiger partial charge in [0.05, 0.1) is 12.5 Å². The summed E-state index contributed by atoms with van der Waals surface area (Å²) in [5, 5.41) is 12.2. The van der Waals surface area contributed by atoms with Crippen LogP contribution in [0.15, 0.2) is 42.5 Å². The summed E-state index contributed by atoms with van der Waals surface area (Å²) in [6.45, 7) is 0.978. The molecule has 148 valence electrons. The van der Waals surface area contributed by atoms with Gasteiger partial charge >= 0.3 is 5.97 Å². The van der Waals surface area contributed by atoms with Gasteiger partial charge in [-0.1, -0.05) is 18.2 Å². The zero-order valence-corrected chi connectivity index (χ0v) is 15.5. The Hall–Kier alpha value is -2.93. The monoisotopic (exact) mass is 387 g/mol. The van der Waals surface area contributed by atoms with Crippen LogP contribution in [-0.4, -0.2) is 37.3 Å². The molecule has 0 atom stereocenters. The number of carboxylic acid groups (broad SMARTS) is 1. The van der Waals surface area contributed by atoms with Crippen molar-refractivity contribution >= 4 is 11.9 Å². The Labute approximate surface area is 162 Å². The number of aromatic carboxylic acids is 1. The highest BCUT2D eigenvalue weighted by Gasteiger charge is 2.41. The van der Waals surface area contributed by atoms with Gasteiger partial charge in [0.15, 0.2) is 0 Å². The molecular weight excluding hydrogens is 365 g/mol. The van der Waals surface area contributed by atoms with Crippen LogP contribution in [0.1, 0.15) is 34.3 Å². The van der Waals surface area contributed by atoms with Crippen molar-refractivity contribution in [2.24, 2.45) is 0 Å². The van der Waals surface area contributed by atoms with Crippen molar-refractivity contribution in [3.05, 3.63) is 65.0 Å². The van der Waals surface area contributed by atoms with Crippen molar-refractivity contribution in [3.8, 4) is 5.75 Å². The molecule has 0 radical (unpaired) electrons. The van der Waals surface area contributed by atoms with E-state index >= 15 is 0 Å². The first-order valence-corrected chi connectivity index (χ1v) is 8.98. The number of halogens is 1. The van der Waals surface area contributed by atoms with E-state index in [1.807, 2.05) is 0 Å². The number of carbonyl (C=O) groups is 2. The Bertz CT molecular complexity index is 877. The molecule has 1 fully saturated rings. The van der Waals surface area contributed by atoms with Gasteiger partial charge < -0.3 is 19.9 Å². The maximum Gasteiger partial charge on any atom is 0.339 e. The van der Waals surface area contributed by atoms with Crippen LogP contribution in [0.5, 0.6) is 5.75 Å². The van der Waals surface area contributed by atoms with E-state index in [0.717, 1.165) is 0 Å². The SMILES string of the molecule is COc1ccc(CNC(=O)C2(c3cccc(F)c3)CCOCC2)cc1C(=O)O. The average Bonchev–Trinajstić information content (AvgIpc) is 2.72. The Balaban J connectivity index is 1.82. The fourth-order valence-electron chi connectivity index (χ4n) is 3.54. The van der Waals surface area contributed by atoms with Crippen LogP contribution in [0.25, 0.3) is 0 Å². The predicted octanol–water partition coefficient (Wildman–Crippen LogP) is 2.90. The van der Waals surface area contributed by atoms with Crippen LogP contribution in [0.3, 0.4) is 0 Å². The van der Waals surface area contributed by atoms with Crippen molar-refractivity contribution in [1.29, 1.82) is 0 Å². The third kappa shape index (κ3) is 3.99. The summed E-state index contributed by atoms with van der Waals surface area (Å²) in [4.78, 5) is 24.5. The average molecular weight is 387 g/mol. The van der Waals surface area contributed by atoms with E-state index in [1.165, 1.54) is 25.3 Å². The highest BCUT2D eigenvalue weighted by atomic mass is 19.1. The van der Waals surface area contributed by atoms with Gasteiger partial charge in [-0.15, -0.1) is 0 Å². The first kappa shape index (κ1) is 19.8. The first-order chi connectivity index (χ1) is 13.5. The summed E-state index contributed by atoms with van der Waals surface area (Å²) in [6, 6.07) is 10.8. The number of benzene rings is 2. The van der Waals surface area contributed by atoms with Crippen LogP contribution in [-0.2, 0) is 21.5 Å². The quantitative estimate of drug-likeness (QED) is 0.796. The zero-order chi connectivity index (χ0) is 20.1. The topological polar surface area (TPSA) is 84.9 Å². The molecule has 2 aromatic carbocycles. The summed E-state index contributed by atoms with van der Waals surface area (Å²) in [7, 11) is 1.40. The van der Waals surface area contributed by atoms with Gasteiger partial charge in [0.25, 0.3) is 0 Å². The number of nitrogens with one attached hydrogen (secondary N) is 1. The first-order valence-electron chi connectivity index (χ1n) is 8.98. The summed E-state index contributed by atoms with van der Waals surface area (Å²) in [5.41, 5.74) is 0.407. The third-order valence-electron chi connectivity index (χ3n) is 5.11. The van der Waals surface area contributed by atoms with Crippen LogP contribution < -0.4 is 10.1 Å². The molecule has 0 aromatic heterocycles. The van der Waals surface area contributed by atoms with Crippen LogP contribution in [0, 0.1) is 5.82 Å². The second-order valence-corrected chi connectivity index (χ2v) is 6.73. The van der Waals surface area contributed by atoms with Gasteiger partial charge in [0.1, 0.15) is 17.1 Å². The number of hydrogen-bond acceptors (Lipinski definition) is 4. The standard InChI is InChI=1S/C21H22FNO5/c1-27-18-6-5-14(11-17(18)19(24)25)13-23-20(26)21(7-9-28-10-8-21)15-3-2-4-16(22)12-15/h2-6,11-12H,7-10,13H2,1H3,(H,23,26)(H,24,25). The number of hydrogen-bond donors (Lipinski definition) is 2. The minimum atomic E-state index is -1.11. The van der Waals surface area contributed by atoms with Crippen molar-refractivity contribution in [3.63, 3.8) is 0 Å². The van der Waals surface area contributed by atoms with Crippen molar-refractivity contribution in [1.82, 2.24) is 5.32 Å². The molecule has 2 N–H and O–H groups in total. The molecular formula is C21H22FNO5. The largest absolute Gasteiger partial charge is 0.496 e. The predicted molar refractivity (Wildman–Crippen MR) is 99.9 cm³/mol. The van der Waals surface area contributed by atoms with E-state index in [1.54, 1.807) is 24.3 Å². The van der Waals surface area contributed by atoms with Gasteiger partial charge in [-0.05, 0) is 48.2 Å². The van der Waals surface area contributed by atoms with Gasteiger partial charge in [-0.25, -0.2) is 9.18 Å². The fourth-order valence-corrected chi connectivity index (χ4v) is 3.54. The molecule has 0 aliphatic carbocycles. The maximum absolute atomic E-state index is 13.8. The molecule has 1 amide bonds. The third-order valence-corrected chi connectivity index (χ3v) is 5.11. The summed E-state index contributed by atoms with van der Waals surface area (Å²) >= 11 is 0. The van der Waals surface area contributed by atoms with E-state index in [-0.39, 0.29) is 23.8 Å². The van der Waals surface area contributed by atoms with E-state index in [9.17, 15) is 19.1 Å². The van der Waals surface area contributed by atoms with Crippen molar-refractivity contribution in [2.75, 3.05) is 20.3 Å². The molecule has 1 aliphatic heterocycles. The van der Waals surface area contributed by atoms with Crippen LogP contribution >= 0.6 is 0 Å². The fraction of sp³-hybridized carbons (Fsp3) is 0.333. The Kier molecular flexibility index (Phi) is 5.94. The Morgan fingerprint density at radius 2 is 1.96 bits per heavy atom. The highest BCUT2D eigenvalue weighted by molar-refractivity contribution is 5.91. The Morgan fingerprint density at radius 3 is 2.61 bits per heavy atom. The minimum Gasteiger partial charge on any atom is -0.496 e. The molecule has 6 nitrogen and oxygen atoms in total. The number of ether oxygens (including phenoxy) is 2. The second kappa shape index (κ2) is 8.39. The van der Waals surface area contributed by atoms with Gasteiger partial charge in [0.2, 0.25) is 5.91 Å². The van der Waals surface area contributed by atoms with Gasteiger partial charge in [0, 0.05) is 19.8 Å². The van der Waals surface area contributed by atoms with Gasteiger partial charge in [-0.2, -0.15) is 0 Å². The molecule has 1 aliphatic rings. The van der Waals surface area contributed by atoms with Crippen LogP contribution in [0.2, 0.25) is 0 Å². The number of rotatable bonds is 6. The smallest absolute Gasteiger partial charge is 0.339 e. The lowest BCUT2D eigenvalue weighted by atomic mass is 9.73. The number of carbonyl (C=O) groups excluding carboxylic acids is 1. The molecule has 0 spiro atoms. The molecule has 0 bridgehead atoms. The zero-order valence-electron chi connectivity index (χ0n) is 15.5. The second-order valence-electron chi connectivity index (χ2n) is 6.73. The summed E-state index contributed by atoms with van der Waals surface area (Å²) < 4.78 is 24.2. The lowest BCUT2D eigenvalue weighted by Crippen LogP contribution is -2.47. The highest BCUT2D eigenvalue weighted by Crippen LogP contribution is 2.35. The molecule has 1 heterocycles. The number of methoxy groups -OCH3 is 1. The molecule has 3 rings (SSSR count). The summed E-state index contributed by atoms with van der Waals surface area (Å²) in [5.74, 6) is -1.47. The summed E-state index contributed by atoms with van der Waals surface area (Å²) in [6.07, 6.45) is 0.899. The van der Waals surface area contributed by atoms with Crippen molar-refractivity contribution < 1.29 is 28.6 Å². The molecule has 0 unspecified atom stereocenters. The molecule has 0 saturated carbocycles. The van der Waals surface area contributed by atoms with E-state index in [0.29, 0.717) is 37.2 Å². The lowest BCUT2D eigenvalue weighted by Gasteiger charge is -2.36. The lowest BCUT2D eigenvalue weighted by molar-refractivity contribution is -0.130. The molecule has 1 saturated heterocycles. The molecule has 7 heteroatoms. The van der Waals surface area contributed by atoms with E-state index in [2.05, 4.69) is 5.32 Å². The Morgan fingerprint density at radius 1 is 1.21 bits per heavy atom.